The van der Waals surface area contributed by atoms with E-state index < -0.39 is 0 Å². The van der Waals surface area contributed by atoms with E-state index in [4.69, 9.17) is 0 Å². The van der Waals surface area contributed by atoms with Crippen LogP contribution < -0.4 is 5.32 Å². The Morgan fingerprint density at radius 3 is 2.71 bits per heavy atom. The standard InChI is InChI=1S/C12H22N2/c1-12(2,3)10-5-7-14(9-10)11-4-6-13-8-11/h5,11,13H,4,6-9H2,1-3H3. The minimum Gasteiger partial charge on any atom is -0.315 e. The SMILES string of the molecule is CC(C)(C)C1=CCN(C2CCNC2)C1. The van der Waals surface area contributed by atoms with Crippen molar-refractivity contribution in [2.24, 2.45) is 5.41 Å². The molecule has 0 radical (unpaired) electrons. The van der Waals surface area contributed by atoms with Crippen LogP contribution in [-0.2, 0) is 0 Å². The molecular formula is C12H22N2. The topological polar surface area (TPSA) is 15.3 Å². The minimum absolute atomic E-state index is 0.362. The summed E-state index contributed by atoms with van der Waals surface area (Å²) in [5, 5.41) is 3.44. The van der Waals surface area contributed by atoms with Crippen molar-refractivity contribution in [1.82, 2.24) is 10.2 Å². The van der Waals surface area contributed by atoms with Gasteiger partial charge in [0.25, 0.3) is 0 Å². The van der Waals surface area contributed by atoms with E-state index in [-0.39, 0.29) is 0 Å². The van der Waals surface area contributed by atoms with Crippen LogP contribution in [0.25, 0.3) is 0 Å². The van der Waals surface area contributed by atoms with Crippen molar-refractivity contribution in [2.75, 3.05) is 26.2 Å². The molecule has 0 aromatic heterocycles. The lowest BCUT2D eigenvalue weighted by molar-refractivity contribution is 0.256. The summed E-state index contributed by atoms with van der Waals surface area (Å²) in [6.45, 7) is 11.7. The summed E-state index contributed by atoms with van der Waals surface area (Å²) in [6.07, 6.45) is 3.75. The molecule has 2 aliphatic heterocycles. The molecule has 0 aliphatic carbocycles. The van der Waals surface area contributed by atoms with Crippen molar-refractivity contribution >= 4 is 0 Å². The second kappa shape index (κ2) is 3.67. The summed E-state index contributed by atoms with van der Waals surface area (Å²) in [5.41, 5.74) is 1.98. The normalized spacial score (nSPS) is 29.6. The fraction of sp³-hybridized carbons (Fsp3) is 0.833. The molecule has 14 heavy (non-hydrogen) atoms. The Bertz CT molecular complexity index is 231. The van der Waals surface area contributed by atoms with E-state index in [0.717, 1.165) is 6.04 Å². The molecule has 0 amide bonds. The maximum atomic E-state index is 3.44. The highest BCUT2D eigenvalue weighted by Gasteiger charge is 2.29. The van der Waals surface area contributed by atoms with Gasteiger partial charge in [0.15, 0.2) is 0 Å². The summed E-state index contributed by atoms with van der Waals surface area (Å²) in [5.74, 6) is 0. The average Bonchev–Trinajstić information content (AvgIpc) is 2.73. The van der Waals surface area contributed by atoms with E-state index in [2.05, 4.69) is 37.1 Å². The van der Waals surface area contributed by atoms with Crippen molar-refractivity contribution in [2.45, 2.75) is 33.2 Å². The van der Waals surface area contributed by atoms with Crippen molar-refractivity contribution in [3.8, 4) is 0 Å². The summed E-state index contributed by atoms with van der Waals surface area (Å²) >= 11 is 0. The molecule has 1 atom stereocenters. The number of hydrogen-bond donors (Lipinski definition) is 1. The Morgan fingerprint density at radius 2 is 2.21 bits per heavy atom. The molecule has 80 valence electrons. The lowest BCUT2D eigenvalue weighted by atomic mass is 9.87. The number of hydrogen-bond acceptors (Lipinski definition) is 2. The lowest BCUT2D eigenvalue weighted by Gasteiger charge is -2.26. The number of rotatable bonds is 1. The number of nitrogens with one attached hydrogen (secondary N) is 1. The largest absolute Gasteiger partial charge is 0.315 e. The molecule has 2 heteroatoms. The van der Waals surface area contributed by atoms with Crippen LogP contribution >= 0.6 is 0 Å². The predicted octanol–water partition coefficient (Wildman–Crippen LogP) is 1.64. The zero-order chi connectivity index (χ0) is 10.2. The van der Waals surface area contributed by atoms with Gasteiger partial charge in [0.05, 0.1) is 0 Å². The summed E-state index contributed by atoms with van der Waals surface area (Å²) in [4.78, 5) is 2.61. The third-order valence-electron chi connectivity index (χ3n) is 3.46. The monoisotopic (exact) mass is 194 g/mol. The van der Waals surface area contributed by atoms with E-state index >= 15 is 0 Å². The molecule has 0 spiro atoms. The van der Waals surface area contributed by atoms with E-state index in [0.29, 0.717) is 5.41 Å². The first-order valence-electron chi connectivity index (χ1n) is 5.71. The molecule has 1 fully saturated rings. The van der Waals surface area contributed by atoms with Crippen molar-refractivity contribution in [3.05, 3.63) is 11.6 Å². The Morgan fingerprint density at radius 1 is 1.43 bits per heavy atom. The van der Waals surface area contributed by atoms with Gasteiger partial charge >= 0.3 is 0 Å². The maximum absolute atomic E-state index is 3.44. The molecular weight excluding hydrogens is 172 g/mol. The van der Waals surface area contributed by atoms with Crippen molar-refractivity contribution in [3.63, 3.8) is 0 Å². The average molecular weight is 194 g/mol. The first-order valence-corrected chi connectivity index (χ1v) is 5.71. The molecule has 2 heterocycles. The van der Waals surface area contributed by atoms with Gasteiger partial charge < -0.3 is 5.32 Å². The van der Waals surface area contributed by atoms with Crippen LogP contribution in [0.15, 0.2) is 11.6 Å². The van der Waals surface area contributed by atoms with E-state index in [1.165, 1.54) is 32.6 Å². The highest BCUT2D eigenvalue weighted by Crippen LogP contribution is 2.30. The quantitative estimate of drug-likeness (QED) is 0.638. The van der Waals surface area contributed by atoms with Crippen LogP contribution in [0.5, 0.6) is 0 Å². The van der Waals surface area contributed by atoms with Gasteiger partial charge in [-0.1, -0.05) is 32.4 Å². The molecule has 1 N–H and O–H groups in total. The molecule has 1 saturated heterocycles. The Kier molecular flexibility index (Phi) is 2.67. The Balaban J connectivity index is 1.92. The molecule has 0 aromatic rings. The fourth-order valence-corrected chi connectivity index (χ4v) is 2.35. The highest BCUT2D eigenvalue weighted by molar-refractivity contribution is 5.19. The van der Waals surface area contributed by atoms with Gasteiger partial charge in [0, 0.05) is 25.7 Å². The van der Waals surface area contributed by atoms with Crippen LogP contribution in [0, 0.1) is 5.41 Å². The van der Waals surface area contributed by atoms with Crippen LogP contribution in [0.2, 0.25) is 0 Å². The maximum Gasteiger partial charge on any atom is 0.0239 e. The van der Waals surface area contributed by atoms with Crippen LogP contribution in [0.3, 0.4) is 0 Å². The number of nitrogens with zero attached hydrogens (tertiary/aromatic N) is 1. The minimum atomic E-state index is 0.362. The molecule has 1 unspecified atom stereocenters. The summed E-state index contributed by atoms with van der Waals surface area (Å²) < 4.78 is 0. The molecule has 2 nitrogen and oxygen atoms in total. The summed E-state index contributed by atoms with van der Waals surface area (Å²) in [6, 6.07) is 0.783. The van der Waals surface area contributed by atoms with Gasteiger partial charge in [-0.15, -0.1) is 0 Å². The van der Waals surface area contributed by atoms with Crippen LogP contribution in [0.1, 0.15) is 27.2 Å². The summed E-state index contributed by atoms with van der Waals surface area (Å²) in [7, 11) is 0. The van der Waals surface area contributed by atoms with Gasteiger partial charge in [-0.25, -0.2) is 0 Å². The second-order valence-electron chi connectivity index (χ2n) is 5.56. The van der Waals surface area contributed by atoms with E-state index in [1.807, 2.05) is 0 Å². The predicted molar refractivity (Wildman–Crippen MR) is 60.4 cm³/mol. The van der Waals surface area contributed by atoms with Gasteiger partial charge in [0.1, 0.15) is 0 Å². The second-order valence-corrected chi connectivity index (χ2v) is 5.56. The fourth-order valence-electron chi connectivity index (χ4n) is 2.35. The smallest absolute Gasteiger partial charge is 0.0239 e. The van der Waals surface area contributed by atoms with Gasteiger partial charge in [-0.05, 0) is 18.4 Å². The third kappa shape index (κ3) is 2.01. The molecule has 0 saturated carbocycles. The molecule has 2 rings (SSSR count). The lowest BCUT2D eigenvalue weighted by Crippen LogP contribution is -2.36. The first-order chi connectivity index (χ1) is 6.57. The van der Waals surface area contributed by atoms with Crippen molar-refractivity contribution in [1.29, 1.82) is 0 Å². The van der Waals surface area contributed by atoms with E-state index in [1.54, 1.807) is 5.57 Å². The van der Waals surface area contributed by atoms with Crippen LogP contribution in [0.4, 0.5) is 0 Å². The van der Waals surface area contributed by atoms with E-state index in [9.17, 15) is 0 Å². The van der Waals surface area contributed by atoms with Crippen LogP contribution in [-0.4, -0.2) is 37.1 Å². The molecule has 0 bridgehead atoms. The molecule has 0 aromatic carbocycles. The zero-order valence-corrected chi connectivity index (χ0v) is 9.64. The zero-order valence-electron chi connectivity index (χ0n) is 9.64. The highest BCUT2D eigenvalue weighted by atomic mass is 15.2. The molecule has 2 aliphatic rings. The third-order valence-corrected chi connectivity index (χ3v) is 3.46. The van der Waals surface area contributed by atoms with Gasteiger partial charge in [0.2, 0.25) is 0 Å². The Labute approximate surface area is 87.4 Å². The first kappa shape index (κ1) is 10.2. The van der Waals surface area contributed by atoms with Crippen molar-refractivity contribution < 1.29 is 0 Å². The Hall–Kier alpha value is -0.340. The van der Waals surface area contributed by atoms with Gasteiger partial charge in [-0.2, -0.15) is 0 Å². The van der Waals surface area contributed by atoms with Gasteiger partial charge in [-0.3, -0.25) is 4.90 Å².